The van der Waals surface area contributed by atoms with Crippen molar-refractivity contribution in [3.05, 3.63) is 42.2 Å². The number of nitrogens with one attached hydrogen (secondary N) is 1. The third kappa shape index (κ3) is 5.61. The van der Waals surface area contributed by atoms with Gasteiger partial charge in [-0.15, -0.1) is 0 Å². The minimum Gasteiger partial charge on any atom is -0.463 e. The van der Waals surface area contributed by atoms with E-state index in [1.807, 2.05) is 0 Å². The lowest BCUT2D eigenvalue weighted by atomic mass is 10.1. The van der Waals surface area contributed by atoms with Gasteiger partial charge in [0.15, 0.2) is 0 Å². The average Bonchev–Trinajstić information content (AvgIpc) is 2.54. The average molecular weight is 387 g/mol. The van der Waals surface area contributed by atoms with E-state index in [2.05, 4.69) is 4.72 Å². The van der Waals surface area contributed by atoms with E-state index in [1.54, 1.807) is 0 Å². The fourth-order valence-electron chi connectivity index (χ4n) is 2.19. The molecule has 1 aliphatic heterocycles. The minimum atomic E-state index is -3.98. The van der Waals surface area contributed by atoms with Crippen LogP contribution in [0.4, 0.5) is 4.39 Å². The lowest BCUT2D eigenvalue weighted by Gasteiger charge is -2.31. The van der Waals surface area contributed by atoms with Gasteiger partial charge in [-0.3, -0.25) is 9.59 Å². The molecule has 0 amide bonds. The summed E-state index contributed by atoms with van der Waals surface area (Å²) in [7, 11) is -3.98. The lowest BCUT2D eigenvalue weighted by Crippen LogP contribution is -2.47. The van der Waals surface area contributed by atoms with Crippen molar-refractivity contribution in [2.24, 2.45) is 0 Å². The fraction of sp³-hybridized carbons (Fsp3) is 0.375. The second-order valence-electron chi connectivity index (χ2n) is 5.43. The Labute approximate surface area is 150 Å². The second-order valence-corrected chi connectivity index (χ2v) is 7.15. The van der Waals surface area contributed by atoms with Crippen molar-refractivity contribution in [2.75, 3.05) is 6.61 Å². The van der Waals surface area contributed by atoms with E-state index in [-0.39, 0.29) is 11.5 Å². The Bertz CT molecular complexity index is 791. The van der Waals surface area contributed by atoms with Gasteiger partial charge in [-0.2, -0.15) is 4.72 Å². The molecule has 142 valence electrons. The van der Waals surface area contributed by atoms with Gasteiger partial charge in [0.2, 0.25) is 10.0 Å². The number of benzene rings is 1. The summed E-state index contributed by atoms with van der Waals surface area (Å²) < 4.78 is 55.3. The molecule has 3 atom stereocenters. The third-order valence-corrected chi connectivity index (χ3v) is 4.75. The summed E-state index contributed by atoms with van der Waals surface area (Å²) in [6, 6.07) is 4.27. The van der Waals surface area contributed by atoms with Crippen molar-refractivity contribution < 1.29 is 36.6 Å². The van der Waals surface area contributed by atoms with Crippen LogP contribution in [-0.2, 0) is 33.8 Å². The first-order valence-electron chi connectivity index (χ1n) is 7.59. The van der Waals surface area contributed by atoms with Gasteiger partial charge in [-0.1, -0.05) is 0 Å². The highest BCUT2D eigenvalue weighted by Gasteiger charge is 2.32. The van der Waals surface area contributed by atoms with Crippen LogP contribution >= 0.6 is 0 Å². The molecule has 1 unspecified atom stereocenters. The molecule has 1 aromatic rings. The molecule has 0 saturated heterocycles. The molecule has 1 heterocycles. The van der Waals surface area contributed by atoms with Crippen molar-refractivity contribution >= 4 is 22.0 Å². The zero-order chi connectivity index (χ0) is 19.3. The smallest absolute Gasteiger partial charge is 0.303 e. The number of rotatable bonds is 6. The zero-order valence-corrected chi connectivity index (χ0v) is 14.9. The van der Waals surface area contributed by atoms with Gasteiger partial charge in [-0.05, 0) is 36.4 Å². The molecule has 0 fully saturated rings. The van der Waals surface area contributed by atoms with Crippen LogP contribution in [-0.4, -0.2) is 45.4 Å². The van der Waals surface area contributed by atoms with Crippen molar-refractivity contribution in [1.82, 2.24) is 4.72 Å². The van der Waals surface area contributed by atoms with Crippen LogP contribution in [0.15, 0.2) is 41.3 Å². The normalized spacial score (nSPS) is 22.7. The monoisotopic (exact) mass is 387 g/mol. The van der Waals surface area contributed by atoms with E-state index < -0.39 is 46.2 Å². The van der Waals surface area contributed by atoms with Crippen molar-refractivity contribution in [3.8, 4) is 0 Å². The molecular formula is C16H18FNO7S. The number of ether oxygens (including phenoxy) is 3. The molecule has 1 aromatic carbocycles. The summed E-state index contributed by atoms with van der Waals surface area (Å²) in [6.07, 6.45) is -0.0138. The standard InChI is InChI=1S/C16H18FNO7S/c1-10(19)23-9-15-14(24-11(2)20)7-8-16(25-15)18-26(21,22)13-5-3-12(17)4-6-13/h3-8,14-16,18H,9H2,1-2H3/t14-,15+,16?/m0/s1. The SMILES string of the molecule is CC(=O)OC[C@H]1OC(NS(=O)(=O)c2ccc(F)cc2)C=C[C@@H]1OC(C)=O. The molecule has 2 rings (SSSR count). The van der Waals surface area contributed by atoms with Gasteiger partial charge in [-0.25, -0.2) is 12.8 Å². The number of sulfonamides is 1. The maximum absolute atomic E-state index is 12.9. The maximum Gasteiger partial charge on any atom is 0.303 e. The molecule has 8 nitrogen and oxygen atoms in total. The van der Waals surface area contributed by atoms with E-state index in [0.29, 0.717) is 0 Å². The van der Waals surface area contributed by atoms with Gasteiger partial charge in [0, 0.05) is 13.8 Å². The first-order valence-corrected chi connectivity index (χ1v) is 9.08. The minimum absolute atomic E-state index is 0.144. The third-order valence-electron chi connectivity index (χ3n) is 3.31. The second kappa shape index (κ2) is 8.39. The van der Waals surface area contributed by atoms with Crippen LogP contribution in [0.5, 0.6) is 0 Å². The van der Waals surface area contributed by atoms with Gasteiger partial charge >= 0.3 is 11.9 Å². The topological polar surface area (TPSA) is 108 Å². The summed E-state index contributed by atoms with van der Waals surface area (Å²) in [6.45, 7) is 2.18. The van der Waals surface area contributed by atoms with Gasteiger partial charge in [0.1, 0.15) is 30.9 Å². The van der Waals surface area contributed by atoms with Crippen molar-refractivity contribution in [3.63, 3.8) is 0 Å². The molecule has 0 spiro atoms. The first kappa shape index (κ1) is 20.0. The highest BCUT2D eigenvalue weighted by molar-refractivity contribution is 7.89. The first-order chi connectivity index (χ1) is 12.2. The lowest BCUT2D eigenvalue weighted by molar-refractivity contribution is -0.163. The van der Waals surface area contributed by atoms with E-state index in [9.17, 15) is 22.4 Å². The molecule has 0 radical (unpaired) electrons. The van der Waals surface area contributed by atoms with Crippen molar-refractivity contribution in [1.29, 1.82) is 0 Å². The molecule has 0 aliphatic carbocycles. The number of carbonyl (C=O) groups excluding carboxylic acids is 2. The molecule has 1 aliphatic rings. The predicted molar refractivity (Wildman–Crippen MR) is 86.7 cm³/mol. The zero-order valence-electron chi connectivity index (χ0n) is 14.0. The van der Waals surface area contributed by atoms with Crippen molar-refractivity contribution in [2.45, 2.75) is 37.2 Å². The molecule has 0 saturated carbocycles. The quantitative estimate of drug-likeness (QED) is 0.570. The summed E-state index contributed by atoms with van der Waals surface area (Å²) in [5.74, 6) is -1.70. The highest BCUT2D eigenvalue weighted by Crippen LogP contribution is 2.18. The van der Waals surface area contributed by atoms with Crippen LogP contribution in [0, 0.1) is 5.82 Å². The Hall–Kier alpha value is -2.30. The number of hydrogen-bond acceptors (Lipinski definition) is 7. The molecule has 1 N–H and O–H groups in total. The summed E-state index contributed by atoms with van der Waals surface area (Å²) in [4.78, 5) is 22.0. The highest BCUT2D eigenvalue weighted by atomic mass is 32.2. The Kier molecular flexibility index (Phi) is 6.46. The molecule has 10 heteroatoms. The van der Waals surface area contributed by atoms with E-state index in [1.165, 1.54) is 26.0 Å². The van der Waals surface area contributed by atoms with E-state index in [0.717, 1.165) is 24.3 Å². The van der Waals surface area contributed by atoms with Gasteiger partial charge in [0.25, 0.3) is 0 Å². The number of esters is 2. The largest absolute Gasteiger partial charge is 0.463 e. The van der Waals surface area contributed by atoms with Crippen LogP contribution in [0.3, 0.4) is 0 Å². The van der Waals surface area contributed by atoms with Gasteiger partial charge < -0.3 is 14.2 Å². The number of hydrogen-bond donors (Lipinski definition) is 1. The van der Waals surface area contributed by atoms with Crippen LogP contribution < -0.4 is 4.72 Å². The number of halogens is 1. The Morgan fingerprint density at radius 1 is 1.15 bits per heavy atom. The maximum atomic E-state index is 12.9. The van der Waals surface area contributed by atoms with Crippen LogP contribution in [0.25, 0.3) is 0 Å². The molecular weight excluding hydrogens is 369 g/mol. The van der Waals surface area contributed by atoms with Crippen LogP contribution in [0.1, 0.15) is 13.8 Å². The summed E-state index contributed by atoms with van der Waals surface area (Å²) in [5, 5.41) is 0. The Morgan fingerprint density at radius 3 is 2.38 bits per heavy atom. The predicted octanol–water partition coefficient (Wildman–Crippen LogP) is 0.880. The Morgan fingerprint density at radius 2 is 1.81 bits per heavy atom. The summed E-state index contributed by atoms with van der Waals surface area (Å²) >= 11 is 0. The molecule has 0 bridgehead atoms. The van der Waals surface area contributed by atoms with E-state index in [4.69, 9.17) is 14.2 Å². The summed E-state index contributed by atoms with van der Waals surface area (Å²) in [5.41, 5.74) is 0. The van der Waals surface area contributed by atoms with E-state index >= 15 is 0 Å². The molecule has 0 aromatic heterocycles. The number of carbonyl (C=O) groups is 2. The fourth-order valence-corrected chi connectivity index (χ4v) is 3.26. The van der Waals surface area contributed by atoms with Gasteiger partial charge in [0.05, 0.1) is 4.90 Å². The molecule has 26 heavy (non-hydrogen) atoms. The Balaban J connectivity index is 2.12. The van der Waals surface area contributed by atoms with Crippen LogP contribution in [0.2, 0.25) is 0 Å².